The maximum absolute atomic E-state index is 13.0. The van der Waals surface area contributed by atoms with E-state index in [1.165, 1.54) is 27.8 Å². The van der Waals surface area contributed by atoms with Gasteiger partial charge in [0.05, 0.1) is 5.92 Å². The van der Waals surface area contributed by atoms with Crippen LogP contribution in [-0.2, 0) is 22.6 Å². The summed E-state index contributed by atoms with van der Waals surface area (Å²) in [7, 11) is 0. The van der Waals surface area contributed by atoms with Crippen molar-refractivity contribution in [2.24, 2.45) is 5.92 Å². The first-order chi connectivity index (χ1) is 16.5. The lowest BCUT2D eigenvalue weighted by Gasteiger charge is -2.31. The number of carbonyl (C=O) groups excluding carboxylic acids is 2. The highest BCUT2D eigenvalue weighted by molar-refractivity contribution is 7.22. The summed E-state index contributed by atoms with van der Waals surface area (Å²) in [6.45, 7) is 6.00. The summed E-state index contributed by atoms with van der Waals surface area (Å²) in [6.07, 6.45) is 4.93. The molecule has 0 radical (unpaired) electrons. The Kier molecular flexibility index (Phi) is 7.56. The van der Waals surface area contributed by atoms with Gasteiger partial charge in [-0.15, -0.1) is 0 Å². The minimum atomic E-state index is -0.297. The molecular weight excluding hydrogens is 452 g/mol. The second-order valence-corrected chi connectivity index (χ2v) is 9.48. The lowest BCUT2D eigenvalue weighted by atomic mass is 9.97. The molecule has 34 heavy (non-hydrogen) atoms. The Hall–Kier alpha value is -3.27. The molecule has 1 aromatic carbocycles. The Morgan fingerprint density at radius 3 is 2.74 bits per heavy atom. The molecule has 2 amide bonds. The van der Waals surface area contributed by atoms with E-state index in [1.54, 1.807) is 0 Å². The number of aromatic nitrogens is 3. The van der Waals surface area contributed by atoms with Gasteiger partial charge < -0.3 is 15.5 Å². The van der Waals surface area contributed by atoms with Crippen LogP contribution in [0.4, 0.5) is 10.8 Å². The highest BCUT2D eigenvalue weighted by Gasteiger charge is 2.27. The van der Waals surface area contributed by atoms with Gasteiger partial charge in [-0.2, -0.15) is 4.98 Å². The van der Waals surface area contributed by atoms with Crippen LogP contribution < -0.4 is 21.1 Å². The SMILES string of the molecule is CCCNC(=O)C1CCCN(c2nc3ncn(CC(=O)Nc4ccc(CC)cc4)c(=O)c3s2)C1. The lowest BCUT2D eigenvalue weighted by Crippen LogP contribution is -2.43. The van der Waals surface area contributed by atoms with Gasteiger partial charge >= 0.3 is 0 Å². The monoisotopic (exact) mass is 482 g/mol. The summed E-state index contributed by atoms with van der Waals surface area (Å²) in [5.74, 6) is -0.315. The molecule has 1 aliphatic heterocycles. The first-order valence-corrected chi connectivity index (χ1v) is 12.6. The second kappa shape index (κ2) is 10.8. The average molecular weight is 483 g/mol. The molecule has 3 heterocycles. The van der Waals surface area contributed by atoms with Crippen LogP contribution >= 0.6 is 11.3 Å². The first-order valence-electron chi connectivity index (χ1n) is 11.8. The number of fused-ring (bicyclic) bond motifs is 1. The average Bonchev–Trinajstić information content (AvgIpc) is 3.30. The second-order valence-electron chi connectivity index (χ2n) is 8.50. The largest absolute Gasteiger partial charge is 0.356 e. The summed E-state index contributed by atoms with van der Waals surface area (Å²) in [5.41, 5.74) is 1.95. The van der Waals surface area contributed by atoms with Gasteiger partial charge in [-0.3, -0.25) is 19.0 Å². The molecular formula is C24H30N6O3S. The predicted octanol–water partition coefficient (Wildman–Crippen LogP) is 2.80. The number of anilines is 2. The van der Waals surface area contributed by atoms with Crippen LogP contribution in [0.3, 0.4) is 0 Å². The van der Waals surface area contributed by atoms with E-state index in [4.69, 9.17) is 0 Å². The van der Waals surface area contributed by atoms with Crippen molar-refractivity contribution in [3.05, 3.63) is 46.5 Å². The maximum Gasteiger partial charge on any atom is 0.273 e. The Labute approximate surface area is 202 Å². The van der Waals surface area contributed by atoms with Gasteiger partial charge in [-0.05, 0) is 43.4 Å². The van der Waals surface area contributed by atoms with Gasteiger partial charge in [0, 0.05) is 25.3 Å². The number of piperidine rings is 1. The van der Waals surface area contributed by atoms with Gasteiger partial charge in [-0.1, -0.05) is 37.3 Å². The molecule has 1 saturated heterocycles. The Morgan fingerprint density at radius 1 is 1.21 bits per heavy atom. The topological polar surface area (TPSA) is 109 Å². The van der Waals surface area contributed by atoms with E-state index in [0.717, 1.165) is 32.2 Å². The third kappa shape index (κ3) is 5.44. The standard InChI is InChI=1S/C24H30N6O3S/c1-3-11-25-22(32)17-6-5-12-29(13-17)24-28-21-20(34-24)23(33)30(15-26-21)14-19(31)27-18-9-7-16(4-2)8-10-18/h7-10,15,17H,3-6,11-14H2,1-2H3,(H,25,32)(H,27,31). The van der Waals surface area contributed by atoms with Crippen LogP contribution in [0.25, 0.3) is 10.3 Å². The Balaban J connectivity index is 1.46. The number of thiazole rings is 1. The third-order valence-corrected chi connectivity index (χ3v) is 7.04. The molecule has 0 bridgehead atoms. The van der Waals surface area contributed by atoms with Crippen LogP contribution in [0, 0.1) is 5.92 Å². The fourth-order valence-corrected chi connectivity index (χ4v) is 5.02. The molecule has 0 saturated carbocycles. The molecule has 1 aliphatic rings. The van der Waals surface area contributed by atoms with Crippen LogP contribution in [0.2, 0.25) is 0 Å². The number of amides is 2. The quantitative estimate of drug-likeness (QED) is 0.511. The molecule has 9 nitrogen and oxygen atoms in total. The summed E-state index contributed by atoms with van der Waals surface area (Å²) < 4.78 is 1.72. The fourth-order valence-electron chi connectivity index (χ4n) is 4.02. The lowest BCUT2D eigenvalue weighted by molar-refractivity contribution is -0.125. The number of carbonyl (C=O) groups is 2. The van der Waals surface area contributed by atoms with Crippen molar-refractivity contribution in [3.63, 3.8) is 0 Å². The van der Waals surface area contributed by atoms with Gasteiger partial charge in [0.25, 0.3) is 5.56 Å². The van der Waals surface area contributed by atoms with Crippen molar-refractivity contribution in [1.82, 2.24) is 19.9 Å². The smallest absolute Gasteiger partial charge is 0.273 e. The van der Waals surface area contributed by atoms with Crippen molar-refractivity contribution < 1.29 is 9.59 Å². The number of hydrogen-bond donors (Lipinski definition) is 2. The van der Waals surface area contributed by atoms with E-state index >= 15 is 0 Å². The fraction of sp³-hybridized carbons (Fsp3) is 0.458. The van der Waals surface area contributed by atoms with Crippen molar-refractivity contribution >= 4 is 44.3 Å². The van der Waals surface area contributed by atoms with Crippen LogP contribution in [0.15, 0.2) is 35.4 Å². The van der Waals surface area contributed by atoms with Crippen molar-refractivity contribution in [2.75, 3.05) is 29.9 Å². The summed E-state index contributed by atoms with van der Waals surface area (Å²) >= 11 is 1.27. The van der Waals surface area contributed by atoms with Crippen LogP contribution in [0.1, 0.15) is 38.7 Å². The van der Waals surface area contributed by atoms with Crippen molar-refractivity contribution in [3.8, 4) is 0 Å². The molecule has 1 fully saturated rings. The van der Waals surface area contributed by atoms with Gasteiger partial charge in [0.2, 0.25) is 11.8 Å². The van der Waals surface area contributed by atoms with E-state index in [1.807, 2.05) is 31.2 Å². The number of aryl methyl sites for hydroxylation is 1. The van der Waals surface area contributed by atoms with E-state index in [9.17, 15) is 14.4 Å². The van der Waals surface area contributed by atoms with Gasteiger partial charge in [0.1, 0.15) is 17.6 Å². The molecule has 0 spiro atoms. The van der Waals surface area contributed by atoms with Crippen molar-refractivity contribution in [2.45, 2.75) is 46.1 Å². The molecule has 4 rings (SSSR count). The zero-order valence-electron chi connectivity index (χ0n) is 19.5. The van der Waals surface area contributed by atoms with E-state index < -0.39 is 0 Å². The molecule has 10 heteroatoms. The van der Waals surface area contributed by atoms with Crippen LogP contribution in [0.5, 0.6) is 0 Å². The molecule has 2 N–H and O–H groups in total. The minimum absolute atomic E-state index is 0.0727. The number of hydrogen-bond acceptors (Lipinski definition) is 7. The predicted molar refractivity (Wildman–Crippen MR) is 134 cm³/mol. The molecule has 0 aliphatic carbocycles. The number of rotatable bonds is 8. The Bertz CT molecular complexity index is 1220. The Morgan fingerprint density at radius 2 is 2.00 bits per heavy atom. The number of nitrogens with zero attached hydrogens (tertiary/aromatic N) is 4. The molecule has 1 atom stereocenters. The number of benzene rings is 1. The van der Waals surface area contributed by atoms with Gasteiger partial charge in [0.15, 0.2) is 10.8 Å². The number of nitrogens with one attached hydrogen (secondary N) is 2. The van der Waals surface area contributed by atoms with E-state index in [2.05, 4.69) is 32.4 Å². The highest BCUT2D eigenvalue weighted by Crippen LogP contribution is 2.29. The van der Waals surface area contributed by atoms with E-state index in [-0.39, 0.29) is 29.8 Å². The van der Waals surface area contributed by atoms with E-state index in [0.29, 0.717) is 34.3 Å². The zero-order valence-corrected chi connectivity index (χ0v) is 20.4. The summed E-state index contributed by atoms with van der Waals surface area (Å²) in [6, 6.07) is 7.63. The third-order valence-electron chi connectivity index (χ3n) is 5.94. The zero-order chi connectivity index (χ0) is 24.1. The maximum atomic E-state index is 13.0. The molecule has 2 aromatic heterocycles. The first kappa shape index (κ1) is 23.9. The van der Waals surface area contributed by atoms with Crippen molar-refractivity contribution in [1.29, 1.82) is 0 Å². The van der Waals surface area contributed by atoms with Gasteiger partial charge in [-0.25, -0.2) is 4.98 Å². The summed E-state index contributed by atoms with van der Waals surface area (Å²) in [4.78, 5) is 48.8. The molecule has 180 valence electrons. The molecule has 3 aromatic rings. The summed E-state index contributed by atoms with van der Waals surface area (Å²) in [5, 5.41) is 6.48. The highest BCUT2D eigenvalue weighted by atomic mass is 32.1. The minimum Gasteiger partial charge on any atom is -0.356 e. The van der Waals surface area contributed by atoms with Crippen LogP contribution in [-0.4, -0.2) is 46.0 Å². The molecule has 1 unspecified atom stereocenters. The normalized spacial score (nSPS) is 15.9.